The van der Waals surface area contributed by atoms with E-state index < -0.39 is 5.92 Å². The van der Waals surface area contributed by atoms with Gasteiger partial charge in [0.25, 0.3) is 0 Å². The molecule has 6 nitrogen and oxygen atoms in total. The minimum Gasteiger partial charge on any atom is -0.409 e. The fraction of sp³-hybridized carbons (Fsp3) is 0.818. The van der Waals surface area contributed by atoms with Crippen LogP contribution in [0.2, 0.25) is 0 Å². The summed E-state index contributed by atoms with van der Waals surface area (Å²) in [7, 11) is 3.99. The van der Waals surface area contributed by atoms with Gasteiger partial charge in [0, 0.05) is 19.1 Å². The van der Waals surface area contributed by atoms with E-state index in [4.69, 9.17) is 10.9 Å². The molecule has 0 saturated carbocycles. The molecule has 2 unspecified atom stereocenters. The Bertz CT molecular complexity index is 304. The van der Waals surface area contributed by atoms with Crippen LogP contribution in [0.15, 0.2) is 5.16 Å². The number of amidine groups is 1. The summed E-state index contributed by atoms with van der Waals surface area (Å²) < 4.78 is 0. The zero-order valence-corrected chi connectivity index (χ0v) is 10.8. The summed E-state index contributed by atoms with van der Waals surface area (Å²) in [5.41, 5.74) is 5.47. The summed E-state index contributed by atoms with van der Waals surface area (Å²) in [5.74, 6) is -0.627. The molecule has 1 heterocycles. The number of carbonyl (C=O) groups excluding carboxylic acids is 1. The van der Waals surface area contributed by atoms with Crippen molar-refractivity contribution in [1.82, 2.24) is 9.80 Å². The Hall–Kier alpha value is -1.30. The van der Waals surface area contributed by atoms with E-state index in [2.05, 4.69) is 10.1 Å². The Kier molecular flexibility index (Phi) is 4.74. The number of amides is 1. The van der Waals surface area contributed by atoms with Crippen molar-refractivity contribution in [3.8, 4) is 0 Å². The summed E-state index contributed by atoms with van der Waals surface area (Å²) in [5, 5.41) is 11.5. The highest BCUT2D eigenvalue weighted by atomic mass is 16.4. The van der Waals surface area contributed by atoms with Crippen molar-refractivity contribution < 1.29 is 10.0 Å². The van der Waals surface area contributed by atoms with Gasteiger partial charge in [-0.25, -0.2) is 0 Å². The highest BCUT2D eigenvalue weighted by Gasteiger charge is 2.32. The highest BCUT2D eigenvalue weighted by Crippen LogP contribution is 2.20. The molecular formula is C11H22N4O2. The van der Waals surface area contributed by atoms with E-state index >= 15 is 0 Å². The quantitative estimate of drug-likeness (QED) is 0.313. The van der Waals surface area contributed by atoms with E-state index in [9.17, 15) is 4.79 Å². The first-order valence-electron chi connectivity index (χ1n) is 5.90. The average molecular weight is 242 g/mol. The molecule has 98 valence electrons. The van der Waals surface area contributed by atoms with Gasteiger partial charge in [-0.05, 0) is 33.9 Å². The van der Waals surface area contributed by atoms with Gasteiger partial charge in [0.1, 0.15) is 0 Å². The Morgan fingerprint density at radius 1 is 1.65 bits per heavy atom. The number of nitrogens with two attached hydrogens (primary N) is 1. The lowest BCUT2D eigenvalue weighted by molar-refractivity contribution is -0.134. The van der Waals surface area contributed by atoms with Crippen LogP contribution in [0, 0.1) is 5.92 Å². The van der Waals surface area contributed by atoms with Crippen molar-refractivity contribution >= 4 is 11.7 Å². The number of likely N-dealkylation sites (N-methyl/N-ethyl adjacent to an activating group) is 1. The summed E-state index contributed by atoms with van der Waals surface area (Å²) in [6, 6.07) is 0.242. The van der Waals surface area contributed by atoms with Crippen molar-refractivity contribution in [1.29, 1.82) is 0 Å². The SMILES string of the molecule is CC(C(=O)N1CCCC1CN(C)C)/C(N)=N/O. The molecule has 1 aliphatic rings. The third-order valence-electron chi connectivity index (χ3n) is 3.17. The molecule has 1 amide bonds. The summed E-state index contributed by atoms with van der Waals surface area (Å²) in [4.78, 5) is 16.1. The van der Waals surface area contributed by atoms with Crippen LogP contribution < -0.4 is 5.73 Å². The molecule has 6 heteroatoms. The molecule has 2 atom stereocenters. The maximum Gasteiger partial charge on any atom is 0.233 e. The zero-order chi connectivity index (χ0) is 13.0. The molecule has 3 N–H and O–H groups in total. The van der Waals surface area contributed by atoms with E-state index in [1.165, 1.54) is 0 Å². The van der Waals surface area contributed by atoms with Crippen LogP contribution >= 0.6 is 0 Å². The fourth-order valence-electron chi connectivity index (χ4n) is 2.20. The second kappa shape index (κ2) is 5.86. The van der Waals surface area contributed by atoms with Gasteiger partial charge in [-0.15, -0.1) is 0 Å². The van der Waals surface area contributed by atoms with Gasteiger partial charge in [-0.2, -0.15) is 0 Å². The molecule has 0 radical (unpaired) electrons. The highest BCUT2D eigenvalue weighted by molar-refractivity contribution is 6.01. The minimum absolute atomic E-state index is 0.0227. The average Bonchev–Trinajstić information content (AvgIpc) is 2.73. The van der Waals surface area contributed by atoms with Gasteiger partial charge < -0.3 is 20.7 Å². The Balaban J connectivity index is 2.67. The summed E-state index contributed by atoms with van der Waals surface area (Å²) in [6.07, 6.45) is 2.04. The number of nitrogens with zero attached hydrogens (tertiary/aromatic N) is 3. The van der Waals surface area contributed by atoms with Crippen molar-refractivity contribution in [2.24, 2.45) is 16.8 Å². The van der Waals surface area contributed by atoms with Crippen LogP contribution in [0.1, 0.15) is 19.8 Å². The Morgan fingerprint density at radius 2 is 2.29 bits per heavy atom. The molecule has 0 aromatic carbocycles. The maximum atomic E-state index is 12.2. The normalized spacial score (nSPS) is 23.2. The van der Waals surface area contributed by atoms with Gasteiger partial charge in [0.05, 0.1) is 5.92 Å². The van der Waals surface area contributed by atoms with E-state index in [1.54, 1.807) is 6.92 Å². The molecule has 17 heavy (non-hydrogen) atoms. The molecule has 0 spiro atoms. The number of hydrogen-bond donors (Lipinski definition) is 2. The molecular weight excluding hydrogens is 220 g/mol. The van der Waals surface area contributed by atoms with Crippen LogP contribution in [0.25, 0.3) is 0 Å². The van der Waals surface area contributed by atoms with E-state index in [-0.39, 0.29) is 17.8 Å². The molecule has 1 aliphatic heterocycles. The molecule has 1 fully saturated rings. The number of carbonyl (C=O) groups is 1. The number of hydrogen-bond acceptors (Lipinski definition) is 4. The lowest BCUT2D eigenvalue weighted by Crippen LogP contribution is -2.46. The lowest BCUT2D eigenvalue weighted by Gasteiger charge is -2.29. The second-order valence-electron chi connectivity index (χ2n) is 4.84. The maximum absolute atomic E-state index is 12.2. The minimum atomic E-state index is -0.553. The van der Waals surface area contributed by atoms with Gasteiger partial charge in [-0.1, -0.05) is 5.16 Å². The first-order chi connectivity index (χ1) is 7.97. The number of oxime groups is 1. The number of rotatable bonds is 4. The van der Waals surface area contributed by atoms with Crippen molar-refractivity contribution in [2.45, 2.75) is 25.8 Å². The van der Waals surface area contributed by atoms with Crippen molar-refractivity contribution in [2.75, 3.05) is 27.2 Å². The first kappa shape index (κ1) is 13.8. The third-order valence-corrected chi connectivity index (χ3v) is 3.17. The predicted octanol–water partition coefficient (Wildman–Crippen LogP) is -0.0785. The van der Waals surface area contributed by atoms with Crippen LogP contribution in [-0.2, 0) is 4.79 Å². The monoisotopic (exact) mass is 242 g/mol. The van der Waals surface area contributed by atoms with Crippen LogP contribution in [-0.4, -0.2) is 60.0 Å². The largest absolute Gasteiger partial charge is 0.409 e. The van der Waals surface area contributed by atoms with Gasteiger partial charge in [0.2, 0.25) is 5.91 Å². The topological polar surface area (TPSA) is 82.2 Å². The van der Waals surface area contributed by atoms with Gasteiger partial charge in [0.15, 0.2) is 5.84 Å². The van der Waals surface area contributed by atoms with Gasteiger partial charge >= 0.3 is 0 Å². The Labute approximate surface area is 102 Å². The lowest BCUT2D eigenvalue weighted by atomic mass is 10.1. The zero-order valence-electron chi connectivity index (χ0n) is 10.8. The Morgan fingerprint density at radius 3 is 2.82 bits per heavy atom. The van der Waals surface area contributed by atoms with Crippen molar-refractivity contribution in [3.05, 3.63) is 0 Å². The van der Waals surface area contributed by atoms with E-state index in [0.29, 0.717) is 0 Å². The second-order valence-corrected chi connectivity index (χ2v) is 4.84. The molecule has 1 rings (SSSR count). The molecule has 1 saturated heterocycles. The fourth-order valence-corrected chi connectivity index (χ4v) is 2.20. The molecule has 0 bridgehead atoms. The van der Waals surface area contributed by atoms with E-state index in [0.717, 1.165) is 25.9 Å². The van der Waals surface area contributed by atoms with Crippen LogP contribution in [0.5, 0.6) is 0 Å². The predicted molar refractivity (Wildman–Crippen MR) is 65.9 cm³/mol. The number of likely N-dealkylation sites (tertiary alicyclic amines) is 1. The van der Waals surface area contributed by atoms with Crippen molar-refractivity contribution in [3.63, 3.8) is 0 Å². The summed E-state index contributed by atoms with van der Waals surface area (Å²) >= 11 is 0. The molecule has 0 aliphatic carbocycles. The molecule has 0 aromatic rings. The third kappa shape index (κ3) is 3.33. The van der Waals surface area contributed by atoms with E-state index in [1.807, 2.05) is 19.0 Å². The molecule has 0 aromatic heterocycles. The van der Waals surface area contributed by atoms with Gasteiger partial charge in [-0.3, -0.25) is 4.79 Å². The van der Waals surface area contributed by atoms with Crippen LogP contribution in [0.4, 0.5) is 0 Å². The van der Waals surface area contributed by atoms with Crippen LogP contribution in [0.3, 0.4) is 0 Å². The first-order valence-corrected chi connectivity index (χ1v) is 5.90. The smallest absolute Gasteiger partial charge is 0.233 e. The standard InChI is InChI=1S/C11H22N4O2/c1-8(10(12)13-17)11(16)15-6-4-5-9(15)7-14(2)3/h8-9,17H,4-7H2,1-3H3,(H2,12,13). The summed E-state index contributed by atoms with van der Waals surface area (Å²) in [6.45, 7) is 3.29.